The van der Waals surface area contributed by atoms with Crippen LogP contribution in [0.25, 0.3) is 0 Å². The van der Waals surface area contributed by atoms with Crippen LogP contribution in [-0.4, -0.2) is 24.1 Å². The molecular weight excluding hydrogens is 146 g/mol. The first-order valence-electron chi connectivity index (χ1n) is 3.07. The Morgan fingerprint density at radius 1 is 1.70 bits per heavy atom. The fraction of sp³-hybridized carbons (Fsp3) is 0.500. The monoisotopic (exact) mass is 157 g/mol. The second-order valence-electron chi connectivity index (χ2n) is 2.20. The normalized spacial score (nSPS) is 10.7. The Balaban J connectivity index is 2.28. The van der Waals surface area contributed by atoms with Crippen LogP contribution in [0.1, 0.15) is 4.88 Å². The molecule has 0 aromatic carbocycles. The lowest BCUT2D eigenvalue weighted by Gasteiger charge is -2.09. The van der Waals surface area contributed by atoms with Gasteiger partial charge in [0, 0.05) is 31.7 Å². The van der Waals surface area contributed by atoms with Gasteiger partial charge in [0.15, 0.2) is 0 Å². The zero-order valence-electron chi connectivity index (χ0n) is 6.16. The first-order chi connectivity index (χ1) is 4.79. The van der Waals surface area contributed by atoms with Crippen LogP contribution in [0.15, 0.2) is 11.7 Å². The second-order valence-corrected chi connectivity index (χ2v) is 3.17. The summed E-state index contributed by atoms with van der Waals surface area (Å²) in [5.41, 5.74) is 4.99. The van der Waals surface area contributed by atoms with Gasteiger partial charge in [-0.3, -0.25) is 15.4 Å². The Bertz CT molecular complexity index is 171. The van der Waals surface area contributed by atoms with Crippen molar-refractivity contribution in [2.24, 2.45) is 0 Å². The molecule has 1 N–H and O–H groups in total. The molecule has 0 aliphatic heterocycles. The lowest BCUT2D eigenvalue weighted by molar-refractivity contribution is 0.287. The Morgan fingerprint density at radius 2 is 2.50 bits per heavy atom. The van der Waals surface area contributed by atoms with Crippen molar-refractivity contribution in [3.8, 4) is 0 Å². The number of aromatic nitrogens is 1. The van der Waals surface area contributed by atoms with Crippen LogP contribution in [0.4, 0.5) is 0 Å². The van der Waals surface area contributed by atoms with Gasteiger partial charge in [0.05, 0.1) is 5.51 Å². The number of thiazole rings is 1. The molecule has 10 heavy (non-hydrogen) atoms. The summed E-state index contributed by atoms with van der Waals surface area (Å²) in [6, 6.07) is 0. The molecule has 0 aliphatic carbocycles. The van der Waals surface area contributed by atoms with Gasteiger partial charge in [-0.25, -0.2) is 0 Å². The summed E-state index contributed by atoms with van der Waals surface area (Å²) in [6.45, 7) is 0.873. The predicted molar refractivity (Wildman–Crippen MR) is 42.6 cm³/mol. The van der Waals surface area contributed by atoms with E-state index in [2.05, 4.69) is 10.4 Å². The van der Waals surface area contributed by atoms with E-state index in [1.165, 1.54) is 4.88 Å². The second kappa shape index (κ2) is 3.65. The zero-order valence-corrected chi connectivity index (χ0v) is 6.98. The van der Waals surface area contributed by atoms with Gasteiger partial charge in [-0.15, -0.1) is 11.3 Å². The summed E-state index contributed by atoms with van der Waals surface area (Å²) in [7, 11) is 3.95. The predicted octanol–water partition coefficient (Wildman–Crippen LogP) is 0.709. The summed E-state index contributed by atoms with van der Waals surface area (Å²) < 4.78 is 0. The van der Waals surface area contributed by atoms with Gasteiger partial charge in [0.25, 0.3) is 0 Å². The van der Waals surface area contributed by atoms with Crippen LogP contribution >= 0.6 is 11.3 Å². The third-order valence-corrected chi connectivity index (χ3v) is 1.83. The largest absolute Gasteiger partial charge is 0.253 e. The molecule has 0 saturated carbocycles. The maximum absolute atomic E-state index is 3.96. The van der Waals surface area contributed by atoms with E-state index in [9.17, 15) is 0 Å². The molecule has 0 atom stereocenters. The highest BCUT2D eigenvalue weighted by atomic mass is 32.1. The average Bonchev–Trinajstić information content (AvgIpc) is 2.34. The van der Waals surface area contributed by atoms with E-state index in [0.29, 0.717) is 0 Å². The lowest BCUT2D eigenvalue weighted by atomic mass is 10.6. The molecule has 0 saturated heterocycles. The molecule has 56 valence electrons. The molecule has 0 aliphatic rings. The highest BCUT2D eigenvalue weighted by molar-refractivity contribution is 7.09. The lowest BCUT2D eigenvalue weighted by Crippen LogP contribution is -2.29. The minimum absolute atomic E-state index is 0.873. The highest BCUT2D eigenvalue weighted by Gasteiger charge is 1.92. The summed E-state index contributed by atoms with van der Waals surface area (Å²) in [6.07, 6.45) is 1.88. The molecule has 0 fully saturated rings. The van der Waals surface area contributed by atoms with E-state index in [1.54, 1.807) is 11.3 Å². The first kappa shape index (κ1) is 7.65. The maximum atomic E-state index is 3.96. The van der Waals surface area contributed by atoms with E-state index in [0.717, 1.165) is 6.54 Å². The number of nitrogens with zero attached hydrogens (tertiary/aromatic N) is 2. The topological polar surface area (TPSA) is 28.2 Å². The third-order valence-electron chi connectivity index (χ3n) is 1.05. The van der Waals surface area contributed by atoms with Gasteiger partial charge in [-0.05, 0) is 0 Å². The molecule has 4 heteroatoms. The summed E-state index contributed by atoms with van der Waals surface area (Å²) in [5.74, 6) is 0. The first-order valence-corrected chi connectivity index (χ1v) is 3.95. The van der Waals surface area contributed by atoms with Gasteiger partial charge in [-0.2, -0.15) is 0 Å². The van der Waals surface area contributed by atoms with E-state index in [-0.39, 0.29) is 0 Å². The molecule has 0 radical (unpaired) electrons. The van der Waals surface area contributed by atoms with Crippen molar-refractivity contribution in [2.75, 3.05) is 14.1 Å². The number of nitrogens with one attached hydrogen (secondary N) is 1. The number of hydrogen-bond acceptors (Lipinski definition) is 4. The van der Waals surface area contributed by atoms with Gasteiger partial charge in [0.2, 0.25) is 0 Å². The fourth-order valence-electron chi connectivity index (χ4n) is 0.565. The van der Waals surface area contributed by atoms with Crippen LogP contribution in [0.5, 0.6) is 0 Å². The molecule has 3 nitrogen and oxygen atoms in total. The zero-order chi connectivity index (χ0) is 7.40. The van der Waals surface area contributed by atoms with E-state index >= 15 is 0 Å². The van der Waals surface area contributed by atoms with Gasteiger partial charge < -0.3 is 0 Å². The SMILES string of the molecule is CN(C)NCc1cncs1. The molecule has 1 aromatic heterocycles. The quantitative estimate of drug-likeness (QED) is 0.655. The Kier molecular flexibility index (Phi) is 2.80. The summed E-state index contributed by atoms with van der Waals surface area (Å²) in [4.78, 5) is 5.22. The maximum Gasteiger partial charge on any atom is 0.0794 e. The van der Waals surface area contributed by atoms with Crippen molar-refractivity contribution in [1.29, 1.82) is 0 Å². The fourth-order valence-corrected chi connectivity index (χ4v) is 1.09. The summed E-state index contributed by atoms with van der Waals surface area (Å²) in [5, 5.41) is 1.93. The van der Waals surface area contributed by atoms with E-state index in [1.807, 2.05) is 30.8 Å². The average molecular weight is 157 g/mol. The van der Waals surface area contributed by atoms with Crippen molar-refractivity contribution >= 4 is 11.3 Å². The van der Waals surface area contributed by atoms with Crippen LogP contribution in [0.3, 0.4) is 0 Å². The third kappa shape index (κ3) is 2.43. The minimum atomic E-state index is 0.873. The van der Waals surface area contributed by atoms with Crippen LogP contribution in [0, 0.1) is 0 Å². The molecular formula is C6H11N3S. The van der Waals surface area contributed by atoms with Crippen molar-refractivity contribution in [3.05, 3.63) is 16.6 Å². The van der Waals surface area contributed by atoms with Gasteiger partial charge in [0.1, 0.15) is 0 Å². The Hall–Kier alpha value is -0.450. The summed E-state index contributed by atoms with van der Waals surface area (Å²) >= 11 is 1.66. The smallest absolute Gasteiger partial charge is 0.0794 e. The van der Waals surface area contributed by atoms with Crippen LogP contribution < -0.4 is 5.43 Å². The molecule has 0 unspecified atom stereocenters. The highest BCUT2D eigenvalue weighted by Crippen LogP contribution is 2.03. The number of hydrogen-bond donors (Lipinski definition) is 1. The van der Waals surface area contributed by atoms with Crippen molar-refractivity contribution in [2.45, 2.75) is 6.54 Å². The Morgan fingerprint density at radius 3 is 3.00 bits per heavy atom. The molecule has 1 heterocycles. The van der Waals surface area contributed by atoms with Crippen LogP contribution in [0.2, 0.25) is 0 Å². The van der Waals surface area contributed by atoms with Crippen LogP contribution in [-0.2, 0) is 6.54 Å². The number of rotatable bonds is 3. The molecule has 1 aromatic rings. The Labute approximate surface area is 64.7 Å². The molecule has 1 rings (SSSR count). The van der Waals surface area contributed by atoms with Crippen molar-refractivity contribution in [3.63, 3.8) is 0 Å². The molecule has 0 amide bonds. The molecule has 0 bridgehead atoms. The van der Waals surface area contributed by atoms with E-state index < -0.39 is 0 Å². The molecule has 0 spiro atoms. The van der Waals surface area contributed by atoms with Gasteiger partial charge in [-0.1, -0.05) is 0 Å². The van der Waals surface area contributed by atoms with Crippen molar-refractivity contribution in [1.82, 2.24) is 15.4 Å². The van der Waals surface area contributed by atoms with E-state index in [4.69, 9.17) is 0 Å². The minimum Gasteiger partial charge on any atom is -0.253 e. The van der Waals surface area contributed by atoms with Crippen molar-refractivity contribution < 1.29 is 0 Å². The standard InChI is InChI=1S/C6H11N3S/c1-9(2)8-4-6-3-7-5-10-6/h3,5,8H,4H2,1-2H3. The number of hydrazine groups is 1. The van der Waals surface area contributed by atoms with Gasteiger partial charge >= 0.3 is 0 Å².